The number of nitrogens with zero attached hydrogens (tertiary/aromatic N) is 2. The summed E-state index contributed by atoms with van der Waals surface area (Å²) in [7, 11) is 0. The van der Waals surface area contributed by atoms with Gasteiger partial charge in [0.1, 0.15) is 5.00 Å². The van der Waals surface area contributed by atoms with E-state index < -0.39 is 23.3 Å². The van der Waals surface area contributed by atoms with Gasteiger partial charge < -0.3 is 10.1 Å². The third kappa shape index (κ3) is 4.05. The van der Waals surface area contributed by atoms with E-state index in [-0.39, 0.29) is 45.6 Å². The second-order valence-electron chi connectivity index (χ2n) is 6.95. The molecule has 31 heavy (non-hydrogen) atoms. The lowest BCUT2D eigenvalue weighted by Crippen LogP contribution is -2.26. The van der Waals surface area contributed by atoms with Crippen molar-refractivity contribution in [3.63, 3.8) is 0 Å². The van der Waals surface area contributed by atoms with E-state index in [1.807, 2.05) is 0 Å². The summed E-state index contributed by atoms with van der Waals surface area (Å²) in [5.74, 6) is -1.12. The lowest BCUT2D eigenvalue weighted by molar-refractivity contribution is -0.137. The summed E-state index contributed by atoms with van der Waals surface area (Å²) in [6.07, 6.45) is -3.01. The van der Waals surface area contributed by atoms with Crippen LogP contribution in [0.2, 0.25) is 0 Å². The Balaban J connectivity index is 1.88. The molecule has 0 atom stereocenters. The number of fused-ring (bicyclic) bond motifs is 1. The van der Waals surface area contributed by atoms with Gasteiger partial charge in [-0.25, -0.2) is 4.79 Å². The first kappa shape index (κ1) is 21.0. The molecular weight excluding hydrogens is 435 g/mol. The molecule has 0 bridgehead atoms. The van der Waals surface area contributed by atoms with Crippen molar-refractivity contribution in [2.45, 2.75) is 25.9 Å². The number of aromatic nitrogens is 2. The molecule has 162 valence electrons. The SMILES string of the molecule is CCOC(=O)c1nn(-c2ccc(C(F)(F)F)cc2)c(=O)c2c(NC(=O)C3CC3)scc12. The zero-order chi connectivity index (χ0) is 22.3. The van der Waals surface area contributed by atoms with Gasteiger partial charge in [-0.2, -0.15) is 23.0 Å². The number of hydrogen-bond donors (Lipinski definition) is 1. The number of benzene rings is 1. The van der Waals surface area contributed by atoms with Crippen LogP contribution in [0.3, 0.4) is 0 Å². The van der Waals surface area contributed by atoms with E-state index in [4.69, 9.17) is 4.74 Å². The van der Waals surface area contributed by atoms with Crippen molar-refractivity contribution in [1.29, 1.82) is 0 Å². The fourth-order valence-electron chi connectivity index (χ4n) is 3.02. The highest BCUT2D eigenvalue weighted by Crippen LogP contribution is 2.35. The van der Waals surface area contributed by atoms with Crippen molar-refractivity contribution in [1.82, 2.24) is 9.78 Å². The van der Waals surface area contributed by atoms with Crippen LogP contribution in [-0.4, -0.2) is 28.3 Å². The minimum Gasteiger partial charge on any atom is -0.461 e. The zero-order valence-corrected chi connectivity index (χ0v) is 17.0. The number of carbonyl (C=O) groups is 2. The van der Waals surface area contributed by atoms with E-state index in [0.29, 0.717) is 0 Å². The zero-order valence-electron chi connectivity index (χ0n) is 16.2. The summed E-state index contributed by atoms with van der Waals surface area (Å²) in [5.41, 5.74) is -1.69. The third-order valence-corrected chi connectivity index (χ3v) is 5.64. The summed E-state index contributed by atoms with van der Waals surface area (Å²) in [6.45, 7) is 1.67. The van der Waals surface area contributed by atoms with Gasteiger partial charge in [0.15, 0.2) is 5.69 Å². The fraction of sp³-hybridized carbons (Fsp3) is 0.300. The highest BCUT2D eigenvalue weighted by Gasteiger charge is 2.32. The Morgan fingerprint density at radius 3 is 2.52 bits per heavy atom. The fourth-order valence-corrected chi connectivity index (χ4v) is 3.96. The molecule has 1 aromatic carbocycles. The number of ether oxygens (including phenoxy) is 1. The van der Waals surface area contributed by atoms with Crippen LogP contribution in [0, 0.1) is 5.92 Å². The molecule has 1 amide bonds. The summed E-state index contributed by atoms with van der Waals surface area (Å²) in [4.78, 5) is 37.8. The molecular formula is C20H16F3N3O4S. The van der Waals surface area contributed by atoms with Crippen LogP contribution in [0.25, 0.3) is 16.5 Å². The van der Waals surface area contributed by atoms with Crippen molar-refractivity contribution >= 4 is 39.0 Å². The highest BCUT2D eigenvalue weighted by atomic mass is 32.1. The van der Waals surface area contributed by atoms with Crippen LogP contribution in [0.4, 0.5) is 18.2 Å². The molecule has 4 rings (SSSR count). The van der Waals surface area contributed by atoms with Gasteiger partial charge in [-0.1, -0.05) is 0 Å². The van der Waals surface area contributed by atoms with Gasteiger partial charge in [0.25, 0.3) is 5.56 Å². The second kappa shape index (κ2) is 7.80. The second-order valence-corrected chi connectivity index (χ2v) is 7.83. The van der Waals surface area contributed by atoms with Gasteiger partial charge in [-0.3, -0.25) is 9.59 Å². The molecule has 1 saturated carbocycles. The molecule has 7 nitrogen and oxygen atoms in total. The molecule has 0 radical (unpaired) electrons. The lowest BCUT2D eigenvalue weighted by atomic mass is 10.2. The van der Waals surface area contributed by atoms with Crippen LogP contribution >= 0.6 is 11.3 Å². The Kier molecular flexibility index (Phi) is 5.29. The van der Waals surface area contributed by atoms with E-state index in [2.05, 4.69) is 10.4 Å². The molecule has 2 aromatic heterocycles. The molecule has 0 saturated heterocycles. The highest BCUT2D eigenvalue weighted by molar-refractivity contribution is 7.16. The number of anilines is 1. The number of rotatable bonds is 5. The standard InChI is InChI=1S/C20H16F3N3O4S/c1-2-30-19(29)15-13-9-31-17(24-16(27)10-3-4-10)14(13)18(28)26(25-15)12-7-5-11(6-8-12)20(21,22)23/h5-10H,2-4H2,1H3,(H,24,27). The van der Waals surface area contributed by atoms with E-state index in [1.165, 1.54) is 5.38 Å². The summed E-state index contributed by atoms with van der Waals surface area (Å²) in [5, 5.41) is 8.82. The molecule has 3 aromatic rings. The average molecular weight is 451 g/mol. The van der Waals surface area contributed by atoms with E-state index >= 15 is 0 Å². The van der Waals surface area contributed by atoms with Crippen molar-refractivity contribution in [3.05, 3.63) is 51.3 Å². The van der Waals surface area contributed by atoms with E-state index in [9.17, 15) is 27.6 Å². The van der Waals surface area contributed by atoms with Crippen LogP contribution in [0.5, 0.6) is 0 Å². The maximum atomic E-state index is 13.2. The number of hydrogen-bond acceptors (Lipinski definition) is 6. The Hall–Kier alpha value is -3.21. The predicted octanol–water partition coefficient (Wildman–Crippen LogP) is 3.99. The van der Waals surface area contributed by atoms with Crippen LogP contribution in [-0.2, 0) is 15.7 Å². The molecule has 0 unspecified atom stereocenters. The maximum Gasteiger partial charge on any atom is 0.416 e. The Bertz CT molecular complexity index is 1230. The Labute approximate surface area is 177 Å². The first-order valence-corrected chi connectivity index (χ1v) is 10.3. The molecule has 11 heteroatoms. The number of amides is 1. The predicted molar refractivity (Wildman–Crippen MR) is 108 cm³/mol. The third-order valence-electron chi connectivity index (χ3n) is 4.75. The van der Waals surface area contributed by atoms with Crippen molar-refractivity contribution in [3.8, 4) is 5.69 Å². The molecule has 1 aliphatic carbocycles. The molecule has 0 spiro atoms. The van der Waals surface area contributed by atoms with Crippen LogP contribution in [0.1, 0.15) is 35.8 Å². The topological polar surface area (TPSA) is 90.3 Å². The van der Waals surface area contributed by atoms with Crippen molar-refractivity contribution in [2.24, 2.45) is 5.92 Å². The van der Waals surface area contributed by atoms with E-state index in [1.54, 1.807) is 6.92 Å². The van der Waals surface area contributed by atoms with Gasteiger partial charge in [-0.15, -0.1) is 11.3 Å². The molecule has 2 heterocycles. The van der Waals surface area contributed by atoms with Gasteiger partial charge >= 0.3 is 12.1 Å². The lowest BCUT2D eigenvalue weighted by Gasteiger charge is -2.11. The van der Waals surface area contributed by atoms with Gasteiger partial charge in [-0.05, 0) is 44.0 Å². The number of carbonyl (C=O) groups excluding carboxylic acids is 2. The average Bonchev–Trinajstić information content (AvgIpc) is 3.49. The van der Waals surface area contributed by atoms with Crippen LogP contribution < -0.4 is 10.9 Å². The summed E-state index contributed by atoms with van der Waals surface area (Å²) in [6, 6.07) is 3.82. The Morgan fingerprint density at radius 2 is 1.94 bits per heavy atom. The molecule has 1 fully saturated rings. The number of esters is 1. The minimum atomic E-state index is -4.54. The first-order chi connectivity index (χ1) is 14.7. The van der Waals surface area contributed by atoms with Crippen molar-refractivity contribution < 1.29 is 27.5 Å². The normalized spacial score (nSPS) is 13.9. The van der Waals surface area contributed by atoms with E-state index in [0.717, 1.165) is 53.1 Å². The van der Waals surface area contributed by atoms with Gasteiger partial charge in [0.2, 0.25) is 5.91 Å². The first-order valence-electron chi connectivity index (χ1n) is 9.41. The summed E-state index contributed by atoms with van der Waals surface area (Å²) < 4.78 is 44.5. The van der Waals surface area contributed by atoms with Crippen LogP contribution in [0.15, 0.2) is 34.4 Å². The smallest absolute Gasteiger partial charge is 0.416 e. The molecule has 1 aliphatic rings. The number of alkyl halides is 3. The van der Waals surface area contributed by atoms with Gasteiger partial charge in [0.05, 0.1) is 23.2 Å². The quantitative estimate of drug-likeness (QED) is 0.593. The summed E-state index contributed by atoms with van der Waals surface area (Å²) >= 11 is 1.07. The van der Waals surface area contributed by atoms with Gasteiger partial charge in [0, 0.05) is 16.7 Å². The number of thiophene rings is 1. The maximum absolute atomic E-state index is 13.2. The number of nitrogens with one attached hydrogen (secondary N) is 1. The monoisotopic (exact) mass is 451 g/mol. The Morgan fingerprint density at radius 1 is 1.26 bits per heavy atom. The largest absolute Gasteiger partial charge is 0.461 e. The molecule has 0 aliphatic heterocycles. The minimum absolute atomic E-state index is 0.0381. The molecule has 1 N–H and O–H groups in total. The van der Waals surface area contributed by atoms with Crippen molar-refractivity contribution in [2.75, 3.05) is 11.9 Å². The number of halogens is 3.